The van der Waals surface area contributed by atoms with Crippen molar-refractivity contribution in [2.45, 2.75) is 57.9 Å². The Kier molecular flexibility index (Phi) is 4.68. The van der Waals surface area contributed by atoms with Crippen molar-refractivity contribution in [2.75, 3.05) is 13.1 Å². The number of hydrogen-bond donors (Lipinski definition) is 1. The lowest BCUT2D eigenvalue weighted by Gasteiger charge is -2.35. The number of nitrogens with zero attached hydrogens (tertiary/aromatic N) is 3. The molecule has 2 fully saturated rings. The van der Waals surface area contributed by atoms with Crippen molar-refractivity contribution in [1.82, 2.24) is 14.7 Å². The van der Waals surface area contributed by atoms with Crippen molar-refractivity contribution in [3.63, 3.8) is 0 Å². The Morgan fingerprint density at radius 2 is 1.78 bits per heavy atom. The summed E-state index contributed by atoms with van der Waals surface area (Å²) < 4.78 is 1.83. The Labute approximate surface area is 136 Å². The van der Waals surface area contributed by atoms with E-state index in [0.717, 1.165) is 38.8 Å². The number of aromatic nitrogens is 2. The summed E-state index contributed by atoms with van der Waals surface area (Å²) in [4.78, 5) is 25.7. The summed E-state index contributed by atoms with van der Waals surface area (Å²) in [6.07, 6.45) is 8.82. The van der Waals surface area contributed by atoms with E-state index in [1.165, 1.54) is 25.5 Å². The van der Waals surface area contributed by atoms with Crippen LogP contribution in [0.3, 0.4) is 0 Å². The van der Waals surface area contributed by atoms with Crippen molar-refractivity contribution >= 4 is 11.9 Å². The number of aromatic carboxylic acids is 1. The molecule has 0 atom stereocenters. The van der Waals surface area contributed by atoms with Gasteiger partial charge in [0.1, 0.15) is 5.56 Å². The van der Waals surface area contributed by atoms with E-state index in [4.69, 9.17) is 5.11 Å². The van der Waals surface area contributed by atoms with Crippen LogP contribution in [0.2, 0.25) is 0 Å². The van der Waals surface area contributed by atoms with Crippen LogP contribution in [0.4, 0.5) is 0 Å². The standard InChI is InChI=1S/C17H25N3O3/c1-12-15(17(22)23)11-18-20(12)14-7-9-19(10-8-14)16(21)13-5-3-2-4-6-13/h11,13-14H,2-10H2,1H3,(H,22,23). The van der Waals surface area contributed by atoms with Gasteiger partial charge in [-0.3, -0.25) is 9.48 Å². The lowest BCUT2D eigenvalue weighted by molar-refractivity contribution is -0.137. The number of hydrogen-bond acceptors (Lipinski definition) is 3. The zero-order valence-corrected chi connectivity index (χ0v) is 13.7. The summed E-state index contributed by atoms with van der Waals surface area (Å²) >= 11 is 0. The molecule has 0 aromatic carbocycles. The monoisotopic (exact) mass is 319 g/mol. The molecule has 23 heavy (non-hydrogen) atoms. The molecule has 1 saturated carbocycles. The topological polar surface area (TPSA) is 75.4 Å². The molecule has 2 heterocycles. The van der Waals surface area contributed by atoms with Crippen LogP contribution in [0.5, 0.6) is 0 Å². The predicted molar refractivity (Wildman–Crippen MR) is 85.3 cm³/mol. The molecular weight excluding hydrogens is 294 g/mol. The minimum absolute atomic E-state index is 0.193. The maximum absolute atomic E-state index is 12.6. The number of carbonyl (C=O) groups is 2. The third-order valence-electron chi connectivity index (χ3n) is 5.35. The first kappa shape index (κ1) is 16.0. The molecule has 1 aliphatic heterocycles. The fourth-order valence-corrected chi connectivity index (χ4v) is 3.94. The first-order valence-corrected chi connectivity index (χ1v) is 8.64. The predicted octanol–water partition coefficient (Wildman–Crippen LogP) is 2.63. The highest BCUT2D eigenvalue weighted by atomic mass is 16.4. The van der Waals surface area contributed by atoms with Crippen LogP contribution in [-0.2, 0) is 4.79 Å². The number of piperidine rings is 1. The van der Waals surface area contributed by atoms with Crippen molar-refractivity contribution < 1.29 is 14.7 Å². The van der Waals surface area contributed by atoms with Crippen LogP contribution in [0, 0.1) is 12.8 Å². The molecule has 1 N–H and O–H groups in total. The summed E-state index contributed by atoms with van der Waals surface area (Å²) in [5.74, 6) is -0.379. The van der Waals surface area contributed by atoms with E-state index in [0.29, 0.717) is 11.6 Å². The number of carboxylic acid groups (broad SMARTS) is 1. The van der Waals surface area contributed by atoms with Gasteiger partial charge < -0.3 is 10.0 Å². The van der Waals surface area contributed by atoms with Crippen molar-refractivity contribution in [2.24, 2.45) is 5.92 Å². The first-order valence-electron chi connectivity index (χ1n) is 8.64. The van der Waals surface area contributed by atoms with Gasteiger partial charge in [-0.2, -0.15) is 5.10 Å². The zero-order chi connectivity index (χ0) is 16.4. The molecule has 126 valence electrons. The highest BCUT2D eigenvalue weighted by molar-refractivity contribution is 5.88. The van der Waals surface area contributed by atoms with E-state index in [1.54, 1.807) is 6.92 Å². The lowest BCUT2D eigenvalue weighted by Crippen LogP contribution is -2.42. The second-order valence-corrected chi connectivity index (χ2v) is 6.78. The largest absolute Gasteiger partial charge is 0.478 e. The van der Waals surface area contributed by atoms with E-state index in [-0.39, 0.29) is 17.5 Å². The molecule has 3 rings (SSSR count). The fourth-order valence-electron chi connectivity index (χ4n) is 3.94. The summed E-state index contributed by atoms with van der Waals surface area (Å²) in [6, 6.07) is 0.193. The Morgan fingerprint density at radius 3 is 2.35 bits per heavy atom. The summed E-state index contributed by atoms with van der Waals surface area (Å²) in [7, 11) is 0. The van der Waals surface area contributed by atoms with Gasteiger partial charge in [0.05, 0.1) is 17.9 Å². The molecule has 1 saturated heterocycles. The van der Waals surface area contributed by atoms with Gasteiger partial charge in [0.25, 0.3) is 0 Å². The van der Waals surface area contributed by atoms with Crippen LogP contribution < -0.4 is 0 Å². The van der Waals surface area contributed by atoms with Crippen molar-refractivity contribution in [3.8, 4) is 0 Å². The summed E-state index contributed by atoms with van der Waals surface area (Å²) in [5.41, 5.74) is 0.972. The van der Waals surface area contributed by atoms with E-state index in [9.17, 15) is 9.59 Å². The van der Waals surface area contributed by atoms with Crippen LogP contribution in [0.15, 0.2) is 6.20 Å². The molecular formula is C17H25N3O3. The normalized spacial score (nSPS) is 20.7. The molecule has 0 unspecified atom stereocenters. The minimum Gasteiger partial charge on any atom is -0.478 e. The average molecular weight is 319 g/mol. The second kappa shape index (κ2) is 6.72. The number of amides is 1. The van der Waals surface area contributed by atoms with E-state index < -0.39 is 5.97 Å². The molecule has 0 bridgehead atoms. The number of carbonyl (C=O) groups excluding carboxylic acids is 1. The number of carboxylic acids is 1. The van der Waals surface area contributed by atoms with Gasteiger partial charge in [0, 0.05) is 19.0 Å². The lowest BCUT2D eigenvalue weighted by atomic mass is 9.87. The summed E-state index contributed by atoms with van der Waals surface area (Å²) in [6.45, 7) is 3.30. The molecule has 0 spiro atoms. The Balaban J connectivity index is 1.60. The van der Waals surface area contributed by atoms with Crippen LogP contribution in [0.25, 0.3) is 0 Å². The molecule has 2 aliphatic rings. The molecule has 6 nitrogen and oxygen atoms in total. The molecule has 6 heteroatoms. The number of likely N-dealkylation sites (tertiary alicyclic amines) is 1. The van der Waals surface area contributed by atoms with Gasteiger partial charge in [-0.05, 0) is 32.6 Å². The SMILES string of the molecule is Cc1c(C(=O)O)cnn1C1CCN(C(=O)C2CCCCC2)CC1. The van der Waals surface area contributed by atoms with Gasteiger partial charge in [0.15, 0.2) is 0 Å². The van der Waals surface area contributed by atoms with Crippen LogP contribution in [-0.4, -0.2) is 44.8 Å². The number of rotatable bonds is 3. The molecule has 1 aromatic rings. The highest BCUT2D eigenvalue weighted by Crippen LogP contribution is 2.29. The molecule has 1 aromatic heterocycles. The molecule has 0 radical (unpaired) electrons. The quantitative estimate of drug-likeness (QED) is 0.929. The van der Waals surface area contributed by atoms with E-state index >= 15 is 0 Å². The zero-order valence-electron chi connectivity index (χ0n) is 13.7. The van der Waals surface area contributed by atoms with E-state index in [2.05, 4.69) is 5.10 Å². The van der Waals surface area contributed by atoms with Gasteiger partial charge in [0.2, 0.25) is 5.91 Å². The van der Waals surface area contributed by atoms with Gasteiger partial charge in [-0.25, -0.2) is 4.79 Å². The average Bonchev–Trinajstić information content (AvgIpc) is 2.97. The maximum atomic E-state index is 12.6. The van der Waals surface area contributed by atoms with Gasteiger partial charge in [-0.1, -0.05) is 19.3 Å². The Bertz CT molecular complexity index is 582. The van der Waals surface area contributed by atoms with Gasteiger partial charge in [-0.15, -0.1) is 0 Å². The third kappa shape index (κ3) is 3.26. The molecule has 1 amide bonds. The fraction of sp³-hybridized carbons (Fsp3) is 0.706. The first-order chi connectivity index (χ1) is 11.1. The minimum atomic E-state index is -0.932. The second-order valence-electron chi connectivity index (χ2n) is 6.78. The molecule has 1 aliphatic carbocycles. The van der Waals surface area contributed by atoms with Crippen LogP contribution in [0.1, 0.15) is 67.0 Å². The summed E-state index contributed by atoms with van der Waals surface area (Å²) in [5, 5.41) is 13.4. The van der Waals surface area contributed by atoms with Crippen LogP contribution >= 0.6 is 0 Å². The van der Waals surface area contributed by atoms with E-state index in [1.807, 2.05) is 9.58 Å². The third-order valence-corrected chi connectivity index (χ3v) is 5.35. The maximum Gasteiger partial charge on any atom is 0.339 e. The highest BCUT2D eigenvalue weighted by Gasteiger charge is 2.30. The Hall–Kier alpha value is -1.85. The van der Waals surface area contributed by atoms with Crippen molar-refractivity contribution in [3.05, 3.63) is 17.5 Å². The Morgan fingerprint density at radius 1 is 1.13 bits per heavy atom. The van der Waals surface area contributed by atoms with Gasteiger partial charge >= 0.3 is 5.97 Å². The smallest absolute Gasteiger partial charge is 0.339 e. The van der Waals surface area contributed by atoms with Crippen molar-refractivity contribution in [1.29, 1.82) is 0 Å².